The largest absolute Gasteiger partial charge is 0.382 e. The number of pyridine rings is 1. The number of rotatable bonds is 6. The van der Waals surface area contributed by atoms with Gasteiger partial charge in [0.15, 0.2) is 5.78 Å². The van der Waals surface area contributed by atoms with E-state index in [0.29, 0.717) is 24.4 Å². The van der Waals surface area contributed by atoms with E-state index in [1.165, 1.54) is 19.3 Å². The first-order chi connectivity index (χ1) is 16.8. The van der Waals surface area contributed by atoms with Crippen molar-refractivity contribution in [1.82, 2.24) is 14.8 Å². The molecule has 182 valence electrons. The minimum Gasteiger partial charge on any atom is -0.382 e. The number of carbonyl (C=O) groups is 2. The van der Waals surface area contributed by atoms with E-state index in [1.54, 1.807) is 12.3 Å². The van der Waals surface area contributed by atoms with Crippen molar-refractivity contribution in [3.05, 3.63) is 70.8 Å². The molecule has 0 atom stereocenters. The average molecular weight is 472 g/mol. The third-order valence-electron chi connectivity index (χ3n) is 7.17. The lowest BCUT2D eigenvalue weighted by Gasteiger charge is -2.29. The number of benzene rings is 1. The summed E-state index contributed by atoms with van der Waals surface area (Å²) >= 11 is 0. The number of anilines is 1. The Bertz CT molecular complexity index is 1260. The van der Waals surface area contributed by atoms with Crippen LogP contribution >= 0.6 is 0 Å². The van der Waals surface area contributed by atoms with Crippen LogP contribution in [0.25, 0.3) is 5.69 Å². The summed E-state index contributed by atoms with van der Waals surface area (Å²) in [5.74, 6) is -0.327. The second-order valence-corrected chi connectivity index (χ2v) is 10.7. The molecule has 1 amide bonds. The molecule has 3 N–H and O–H groups in total. The Morgan fingerprint density at radius 2 is 1.94 bits per heavy atom. The molecule has 0 unspecified atom stereocenters. The van der Waals surface area contributed by atoms with Crippen LogP contribution < -0.4 is 11.1 Å². The van der Waals surface area contributed by atoms with Gasteiger partial charge in [-0.2, -0.15) is 5.10 Å². The molecule has 35 heavy (non-hydrogen) atoms. The van der Waals surface area contributed by atoms with Gasteiger partial charge in [0, 0.05) is 36.5 Å². The molecule has 5 rings (SSSR count). The molecular weight excluding hydrogens is 438 g/mol. The van der Waals surface area contributed by atoms with Crippen molar-refractivity contribution < 1.29 is 9.59 Å². The molecular formula is C28H33N5O2. The summed E-state index contributed by atoms with van der Waals surface area (Å²) in [6.45, 7) is 4.24. The predicted molar refractivity (Wildman–Crippen MR) is 136 cm³/mol. The van der Waals surface area contributed by atoms with Crippen molar-refractivity contribution >= 4 is 17.4 Å². The number of aromatic nitrogens is 3. The number of amides is 1. The van der Waals surface area contributed by atoms with E-state index in [1.807, 2.05) is 35.0 Å². The Morgan fingerprint density at radius 1 is 1.14 bits per heavy atom. The quantitative estimate of drug-likeness (QED) is 0.535. The zero-order valence-corrected chi connectivity index (χ0v) is 20.5. The highest BCUT2D eigenvalue weighted by atomic mass is 16.1. The molecule has 2 aliphatic carbocycles. The Kier molecular flexibility index (Phi) is 6.17. The zero-order chi connectivity index (χ0) is 24.6. The van der Waals surface area contributed by atoms with Gasteiger partial charge < -0.3 is 11.1 Å². The number of primary amides is 1. The SMILES string of the molecule is CC1(C)CC(=O)c2c(Cc3ccccn3)nn(-c3ccc(C(N)=O)c(NC4CCCCC4)c3)c2C1. The van der Waals surface area contributed by atoms with Crippen LogP contribution in [0.15, 0.2) is 42.6 Å². The van der Waals surface area contributed by atoms with Gasteiger partial charge >= 0.3 is 0 Å². The molecule has 0 radical (unpaired) electrons. The van der Waals surface area contributed by atoms with E-state index in [-0.39, 0.29) is 11.2 Å². The molecule has 7 heteroatoms. The zero-order valence-electron chi connectivity index (χ0n) is 20.5. The standard InChI is InChI=1S/C28H33N5O2/c1-28(2)16-24-26(25(34)17-28)23(14-19-10-6-7-13-30-19)32-33(24)20-11-12-21(27(29)35)22(15-20)31-18-8-4-3-5-9-18/h6-7,10-13,15,18,31H,3-5,8-9,14,16-17H2,1-2H3,(H2,29,35). The van der Waals surface area contributed by atoms with E-state index in [4.69, 9.17) is 10.8 Å². The first kappa shape index (κ1) is 23.3. The molecule has 7 nitrogen and oxygen atoms in total. The van der Waals surface area contributed by atoms with Gasteiger partial charge in [0.1, 0.15) is 0 Å². The second kappa shape index (κ2) is 9.29. The van der Waals surface area contributed by atoms with Gasteiger partial charge in [-0.25, -0.2) is 4.68 Å². The van der Waals surface area contributed by atoms with Gasteiger partial charge in [-0.1, -0.05) is 39.2 Å². The topological polar surface area (TPSA) is 103 Å². The lowest BCUT2D eigenvalue weighted by Crippen LogP contribution is -2.28. The molecule has 0 bridgehead atoms. The molecule has 2 aromatic heterocycles. The van der Waals surface area contributed by atoms with Crippen LogP contribution in [0, 0.1) is 5.41 Å². The molecule has 3 aromatic rings. The van der Waals surface area contributed by atoms with E-state index in [9.17, 15) is 9.59 Å². The fourth-order valence-corrected chi connectivity index (χ4v) is 5.50. The highest BCUT2D eigenvalue weighted by Gasteiger charge is 2.37. The van der Waals surface area contributed by atoms with E-state index in [0.717, 1.165) is 53.3 Å². The van der Waals surface area contributed by atoms with Crippen LogP contribution in [-0.2, 0) is 12.8 Å². The van der Waals surface area contributed by atoms with E-state index >= 15 is 0 Å². The van der Waals surface area contributed by atoms with E-state index < -0.39 is 5.91 Å². The smallest absolute Gasteiger partial charge is 0.250 e. The number of Topliss-reactive ketones (excluding diaryl/α,β-unsaturated/α-hetero) is 1. The fraction of sp³-hybridized carbons (Fsp3) is 0.429. The summed E-state index contributed by atoms with van der Waals surface area (Å²) in [6.07, 6.45) is 9.27. The van der Waals surface area contributed by atoms with Crippen molar-refractivity contribution in [3.8, 4) is 5.69 Å². The van der Waals surface area contributed by atoms with Crippen molar-refractivity contribution in [3.63, 3.8) is 0 Å². The molecule has 0 saturated heterocycles. The third kappa shape index (κ3) is 4.85. The monoisotopic (exact) mass is 471 g/mol. The van der Waals surface area contributed by atoms with Crippen LogP contribution in [0.5, 0.6) is 0 Å². The summed E-state index contributed by atoms with van der Waals surface area (Å²) in [5.41, 5.74) is 10.9. The summed E-state index contributed by atoms with van der Waals surface area (Å²) in [4.78, 5) is 29.9. The molecule has 0 spiro atoms. The molecule has 1 fully saturated rings. The maximum atomic E-state index is 13.3. The van der Waals surface area contributed by atoms with E-state index in [2.05, 4.69) is 24.1 Å². The number of hydrogen-bond donors (Lipinski definition) is 2. The number of nitrogens with two attached hydrogens (primary N) is 1. The van der Waals surface area contributed by atoms with Crippen LogP contribution in [0.4, 0.5) is 5.69 Å². The first-order valence-electron chi connectivity index (χ1n) is 12.6. The number of nitrogens with one attached hydrogen (secondary N) is 1. The van der Waals surface area contributed by atoms with Gasteiger partial charge in [-0.3, -0.25) is 14.6 Å². The molecule has 2 aliphatic rings. The highest BCUT2D eigenvalue weighted by molar-refractivity contribution is 6.00. The summed E-state index contributed by atoms with van der Waals surface area (Å²) in [5, 5.41) is 8.52. The molecule has 2 heterocycles. The van der Waals surface area contributed by atoms with Crippen molar-refractivity contribution in [2.45, 2.75) is 71.3 Å². The second-order valence-electron chi connectivity index (χ2n) is 10.7. The van der Waals surface area contributed by atoms with Crippen LogP contribution in [0.2, 0.25) is 0 Å². The van der Waals surface area contributed by atoms with Gasteiger partial charge in [0.05, 0.1) is 28.2 Å². The fourth-order valence-electron chi connectivity index (χ4n) is 5.50. The highest BCUT2D eigenvalue weighted by Crippen LogP contribution is 2.38. The van der Waals surface area contributed by atoms with Gasteiger partial charge in [0.25, 0.3) is 5.91 Å². The average Bonchev–Trinajstić information content (AvgIpc) is 3.17. The summed E-state index contributed by atoms with van der Waals surface area (Å²) in [7, 11) is 0. The van der Waals surface area contributed by atoms with Crippen molar-refractivity contribution in [1.29, 1.82) is 0 Å². The third-order valence-corrected chi connectivity index (χ3v) is 7.17. The number of nitrogens with zero attached hydrogens (tertiary/aromatic N) is 3. The van der Waals surface area contributed by atoms with Crippen LogP contribution in [0.1, 0.15) is 90.2 Å². The van der Waals surface area contributed by atoms with Crippen molar-refractivity contribution in [2.24, 2.45) is 11.1 Å². The normalized spacial score (nSPS) is 17.7. The van der Waals surface area contributed by atoms with Gasteiger partial charge in [0.2, 0.25) is 0 Å². The summed E-state index contributed by atoms with van der Waals surface area (Å²) in [6, 6.07) is 11.7. The van der Waals surface area contributed by atoms with Gasteiger partial charge in [-0.05, 0) is 55.0 Å². The van der Waals surface area contributed by atoms with Crippen molar-refractivity contribution in [2.75, 3.05) is 5.32 Å². The minimum atomic E-state index is -0.454. The Labute approximate surface area is 206 Å². The number of ketones is 1. The lowest BCUT2D eigenvalue weighted by atomic mass is 9.75. The number of fused-ring (bicyclic) bond motifs is 1. The molecule has 0 aliphatic heterocycles. The summed E-state index contributed by atoms with van der Waals surface area (Å²) < 4.78 is 1.89. The van der Waals surface area contributed by atoms with Crippen LogP contribution in [0.3, 0.4) is 0 Å². The Balaban J connectivity index is 1.59. The predicted octanol–water partition coefficient (Wildman–Crippen LogP) is 4.86. The number of carbonyl (C=O) groups excluding carboxylic acids is 2. The molecule has 1 aromatic carbocycles. The Morgan fingerprint density at radius 3 is 2.66 bits per heavy atom. The van der Waals surface area contributed by atoms with Gasteiger partial charge in [-0.15, -0.1) is 0 Å². The lowest BCUT2D eigenvalue weighted by molar-refractivity contribution is 0.0909. The van der Waals surface area contributed by atoms with Crippen LogP contribution in [-0.4, -0.2) is 32.5 Å². The maximum absolute atomic E-state index is 13.3. The Hall–Kier alpha value is -3.48. The molecule has 1 saturated carbocycles. The maximum Gasteiger partial charge on any atom is 0.250 e. The first-order valence-corrected chi connectivity index (χ1v) is 12.6. The minimum absolute atomic E-state index is 0.128. The number of hydrogen-bond acceptors (Lipinski definition) is 5.